The lowest BCUT2D eigenvalue weighted by molar-refractivity contribution is -0.134. The number of para-hydroxylation sites is 1. The third-order valence-corrected chi connectivity index (χ3v) is 5.96. The predicted octanol–water partition coefficient (Wildman–Crippen LogP) is 2.89. The van der Waals surface area contributed by atoms with Gasteiger partial charge in [0.15, 0.2) is 11.5 Å². The summed E-state index contributed by atoms with van der Waals surface area (Å²) in [6.45, 7) is 9.51. The van der Waals surface area contributed by atoms with Crippen molar-refractivity contribution in [2.45, 2.75) is 33.4 Å². The van der Waals surface area contributed by atoms with Crippen molar-refractivity contribution in [2.24, 2.45) is 0 Å². The molecule has 32 heavy (non-hydrogen) atoms. The average molecular weight is 439 g/mol. The maximum absolute atomic E-state index is 12.8. The lowest BCUT2D eigenvalue weighted by Gasteiger charge is -2.36. The Bertz CT molecular complexity index is 981. The van der Waals surface area contributed by atoms with E-state index >= 15 is 0 Å². The van der Waals surface area contributed by atoms with Crippen molar-refractivity contribution >= 4 is 17.6 Å². The van der Waals surface area contributed by atoms with Gasteiger partial charge in [0.2, 0.25) is 12.7 Å². The summed E-state index contributed by atoms with van der Waals surface area (Å²) in [4.78, 5) is 29.4. The highest BCUT2D eigenvalue weighted by molar-refractivity contribution is 5.94. The van der Waals surface area contributed by atoms with Crippen molar-refractivity contribution in [1.29, 1.82) is 0 Å². The van der Waals surface area contributed by atoms with Gasteiger partial charge in [-0.25, -0.2) is 4.79 Å². The molecule has 2 aromatic carbocycles. The zero-order valence-electron chi connectivity index (χ0n) is 18.8. The number of urea groups is 1. The number of hydrogen-bond donors (Lipinski definition) is 2. The van der Waals surface area contributed by atoms with Crippen molar-refractivity contribution in [2.75, 3.05) is 38.3 Å². The second-order valence-electron chi connectivity index (χ2n) is 8.38. The zero-order valence-corrected chi connectivity index (χ0v) is 18.8. The van der Waals surface area contributed by atoms with E-state index < -0.39 is 6.04 Å². The Labute approximate surface area is 188 Å². The molecule has 0 saturated carbocycles. The van der Waals surface area contributed by atoms with Gasteiger partial charge in [0.05, 0.1) is 0 Å². The van der Waals surface area contributed by atoms with Gasteiger partial charge < -0.3 is 25.0 Å². The quantitative estimate of drug-likeness (QED) is 0.750. The Morgan fingerprint density at radius 3 is 2.41 bits per heavy atom. The van der Waals surface area contributed by atoms with E-state index in [0.717, 1.165) is 53.5 Å². The normalized spacial score (nSPS) is 16.5. The fourth-order valence-electron chi connectivity index (χ4n) is 4.12. The van der Waals surface area contributed by atoms with E-state index in [4.69, 9.17) is 9.47 Å². The number of hydrogen-bond acceptors (Lipinski definition) is 5. The van der Waals surface area contributed by atoms with Crippen LogP contribution in [0.5, 0.6) is 11.5 Å². The van der Waals surface area contributed by atoms with Crippen molar-refractivity contribution in [3.63, 3.8) is 0 Å². The second kappa shape index (κ2) is 9.48. The SMILES string of the molecule is Cc1cccc(C)c1NC(=O)NC(C)C(=O)N1CCN(Cc2ccc3c(c2)OCO3)CC1. The van der Waals surface area contributed by atoms with Crippen LogP contribution in [0.3, 0.4) is 0 Å². The van der Waals surface area contributed by atoms with Gasteiger partial charge in [-0.05, 0) is 49.6 Å². The number of amides is 3. The fraction of sp³-hybridized carbons (Fsp3) is 0.417. The number of carbonyl (C=O) groups excluding carboxylic acids is 2. The van der Waals surface area contributed by atoms with Crippen LogP contribution >= 0.6 is 0 Å². The Morgan fingerprint density at radius 1 is 1.00 bits per heavy atom. The van der Waals surface area contributed by atoms with E-state index in [2.05, 4.69) is 15.5 Å². The Hall–Kier alpha value is -3.26. The van der Waals surface area contributed by atoms with E-state index in [-0.39, 0.29) is 18.7 Å². The van der Waals surface area contributed by atoms with Gasteiger partial charge in [-0.1, -0.05) is 24.3 Å². The summed E-state index contributed by atoms with van der Waals surface area (Å²) >= 11 is 0. The van der Waals surface area contributed by atoms with Crippen LogP contribution in [0.1, 0.15) is 23.6 Å². The maximum Gasteiger partial charge on any atom is 0.319 e. The molecule has 170 valence electrons. The van der Waals surface area contributed by atoms with Crippen LogP contribution in [-0.2, 0) is 11.3 Å². The van der Waals surface area contributed by atoms with Crippen molar-refractivity contribution in [3.05, 3.63) is 53.1 Å². The number of ether oxygens (including phenoxy) is 2. The van der Waals surface area contributed by atoms with Gasteiger partial charge in [0, 0.05) is 38.4 Å². The summed E-state index contributed by atoms with van der Waals surface area (Å²) in [6, 6.07) is 10.9. The molecule has 2 aliphatic heterocycles. The minimum Gasteiger partial charge on any atom is -0.454 e. The molecule has 8 heteroatoms. The lowest BCUT2D eigenvalue weighted by atomic mass is 10.1. The summed E-state index contributed by atoms with van der Waals surface area (Å²) in [7, 11) is 0. The number of rotatable bonds is 5. The van der Waals surface area contributed by atoms with E-state index in [1.807, 2.05) is 55.1 Å². The topological polar surface area (TPSA) is 83.1 Å². The summed E-state index contributed by atoms with van der Waals surface area (Å²) in [5.74, 6) is 1.51. The highest BCUT2D eigenvalue weighted by Crippen LogP contribution is 2.32. The Kier molecular flexibility index (Phi) is 6.50. The molecule has 0 aromatic heterocycles. The first kappa shape index (κ1) is 22.0. The molecule has 0 bridgehead atoms. The molecule has 2 aliphatic rings. The molecule has 0 spiro atoms. The minimum absolute atomic E-state index is 0.0654. The summed E-state index contributed by atoms with van der Waals surface area (Å²) in [6.07, 6.45) is 0. The van der Waals surface area contributed by atoms with Crippen LogP contribution < -0.4 is 20.1 Å². The summed E-state index contributed by atoms with van der Waals surface area (Å²) in [5, 5.41) is 5.65. The molecule has 2 heterocycles. The summed E-state index contributed by atoms with van der Waals surface area (Å²) in [5.41, 5.74) is 3.91. The molecular weight excluding hydrogens is 408 g/mol. The lowest BCUT2D eigenvalue weighted by Crippen LogP contribution is -2.54. The van der Waals surface area contributed by atoms with E-state index in [1.165, 1.54) is 0 Å². The Balaban J connectivity index is 1.25. The largest absolute Gasteiger partial charge is 0.454 e. The minimum atomic E-state index is -0.597. The predicted molar refractivity (Wildman–Crippen MR) is 122 cm³/mol. The third-order valence-electron chi connectivity index (χ3n) is 5.96. The number of nitrogens with one attached hydrogen (secondary N) is 2. The van der Waals surface area contributed by atoms with E-state index in [9.17, 15) is 9.59 Å². The van der Waals surface area contributed by atoms with E-state index in [1.54, 1.807) is 6.92 Å². The van der Waals surface area contributed by atoms with Gasteiger partial charge >= 0.3 is 6.03 Å². The first-order valence-electron chi connectivity index (χ1n) is 10.9. The molecule has 1 saturated heterocycles. The highest BCUT2D eigenvalue weighted by Gasteiger charge is 2.26. The molecule has 2 N–H and O–H groups in total. The van der Waals surface area contributed by atoms with Crippen molar-refractivity contribution in [3.8, 4) is 11.5 Å². The van der Waals surface area contributed by atoms with Gasteiger partial charge in [0.25, 0.3) is 0 Å². The number of benzene rings is 2. The van der Waals surface area contributed by atoms with Gasteiger partial charge in [-0.2, -0.15) is 0 Å². The van der Waals surface area contributed by atoms with Gasteiger partial charge in [-0.3, -0.25) is 9.69 Å². The van der Waals surface area contributed by atoms with Gasteiger partial charge in [0.1, 0.15) is 6.04 Å². The van der Waals surface area contributed by atoms with Crippen molar-refractivity contribution < 1.29 is 19.1 Å². The molecule has 3 amide bonds. The Morgan fingerprint density at radius 2 is 1.69 bits per heavy atom. The molecule has 4 rings (SSSR count). The molecule has 8 nitrogen and oxygen atoms in total. The van der Waals surface area contributed by atoms with Crippen LogP contribution in [-0.4, -0.2) is 60.8 Å². The van der Waals surface area contributed by atoms with Gasteiger partial charge in [-0.15, -0.1) is 0 Å². The monoisotopic (exact) mass is 438 g/mol. The molecular formula is C24H30N4O4. The number of fused-ring (bicyclic) bond motifs is 1. The van der Waals surface area contributed by atoms with Crippen LogP contribution in [0.2, 0.25) is 0 Å². The number of aryl methyl sites for hydroxylation is 2. The standard InChI is InChI=1S/C24H30N4O4/c1-16-5-4-6-17(2)22(16)26-24(30)25-18(3)23(29)28-11-9-27(10-12-28)14-19-7-8-20-21(13-19)32-15-31-20/h4-8,13,18H,9-12,14-15H2,1-3H3,(H2,25,26,30). The van der Waals surface area contributed by atoms with Crippen LogP contribution in [0.4, 0.5) is 10.5 Å². The number of nitrogens with zero attached hydrogens (tertiary/aromatic N) is 2. The molecule has 1 atom stereocenters. The smallest absolute Gasteiger partial charge is 0.319 e. The van der Waals surface area contributed by atoms with Crippen molar-refractivity contribution in [1.82, 2.24) is 15.1 Å². The van der Waals surface area contributed by atoms with Crippen LogP contribution in [0, 0.1) is 13.8 Å². The maximum atomic E-state index is 12.8. The molecule has 0 radical (unpaired) electrons. The zero-order chi connectivity index (χ0) is 22.7. The first-order valence-corrected chi connectivity index (χ1v) is 10.9. The number of piperazine rings is 1. The first-order chi connectivity index (χ1) is 15.4. The molecule has 1 unspecified atom stereocenters. The molecule has 2 aromatic rings. The van der Waals surface area contributed by atoms with Crippen LogP contribution in [0.15, 0.2) is 36.4 Å². The average Bonchev–Trinajstić information content (AvgIpc) is 3.24. The number of carbonyl (C=O) groups is 2. The molecule has 0 aliphatic carbocycles. The molecule has 1 fully saturated rings. The van der Waals surface area contributed by atoms with E-state index in [0.29, 0.717) is 13.1 Å². The number of anilines is 1. The third kappa shape index (κ3) is 4.96. The second-order valence-corrected chi connectivity index (χ2v) is 8.38. The summed E-state index contributed by atoms with van der Waals surface area (Å²) < 4.78 is 10.8. The fourth-order valence-corrected chi connectivity index (χ4v) is 4.12. The van der Waals surface area contributed by atoms with Crippen LogP contribution in [0.25, 0.3) is 0 Å². The highest BCUT2D eigenvalue weighted by atomic mass is 16.7.